The maximum absolute atomic E-state index is 5.24. The quantitative estimate of drug-likeness (QED) is 0.751. The number of nitrogens with zero attached hydrogens (tertiary/aromatic N) is 3. The normalized spacial score (nSPS) is 16.2. The molecule has 6 heteroatoms. The van der Waals surface area contributed by atoms with Gasteiger partial charge in [0.15, 0.2) is 0 Å². The summed E-state index contributed by atoms with van der Waals surface area (Å²) in [6.45, 7) is 2.73. The Bertz CT molecular complexity index is 323. The molecule has 1 aliphatic heterocycles. The molecular formula is C7H9N3OS2. The van der Waals surface area contributed by atoms with E-state index < -0.39 is 0 Å². The van der Waals surface area contributed by atoms with Gasteiger partial charge in [-0.25, -0.2) is 0 Å². The lowest BCUT2D eigenvalue weighted by atomic mass is 10.8. The van der Waals surface area contributed by atoms with Crippen LogP contribution in [0.25, 0.3) is 0 Å². The van der Waals surface area contributed by atoms with Crippen LogP contribution < -0.4 is 0 Å². The Balaban J connectivity index is 1.85. The maximum Gasteiger partial charge on any atom is 0.226 e. The van der Waals surface area contributed by atoms with E-state index >= 15 is 0 Å². The van der Waals surface area contributed by atoms with E-state index in [9.17, 15) is 0 Å². The highest BCUT2D eigenvalue weighted by Crippen LogP contribution is 2.24. The summed E-state index contributed by atoms with van der Waals surface area (Å²) in [7, 11) is 0. The Morgan fingerprint density at radius 2 is 2.46 bits per heavy atom. The van der Waals surface area contributed by atoms with Gasteiger partial charge < -0.3 is 4.42 Å². The third-order valence-electron chi connectivity index (χ3n) is 1.44. The smallest absolute Gasteiger partial charge is 0.226 e. The molecule has 0 unspecified atom stereocenters. The Hall–Kier alpha value is -0.490. The minimum atomic E-state index is 0.622. The summed E-state index contributed by atoms with van der Waals surface area (Å²) in [4.78, 5) is 4.31. The molecule has 1 aromatic rings. The first-order valence-electron chi connectivity index (χ1n) is 3.93. The zero-order valence-electron chi connectivity index (χ0n) is 7.19. The molecule has 70 valence electrons. The molecule has 0 N–H and O–H groups in total. The first-order chi connectivity index (χ1) is 6.34. The van der Waals surface area contributed by atoms with Gasteiger partial charge in [0.25, 0.3) is 0 Å². The number of hydrogen-bond acceptors (Lipinski definition) is 6. The van der Waals surface area contributed by atoms with Crippen molar-refractivity contribution in [1.29, 1.82) is 0 Å². The SMILES string of the molecule is Cc1nnc(CSC2=NCCS2)o1. The van der Waals surface area contributed by atoms with Gasteiger partial charge in [-0.2, -0.15) is 0 Å². The van der Waals surface area contributed by atoms with Gasteiger partial charge >= 0.3 is 0 Å². The molecule has 0 atom stereocenters. The fourth-order valence-corrected chi connectivity index (χ4v) is 2.77. The fraction of sp³-hybridized carbons (Fsp3) is 0.571. The number of aromatic nitrogens is 2. The zero-order valence-corrected chi connectivity index (χ0v) is 8.82. The molecule has 0 bridgehead atoms. The molecule has 0 saturated heterocycles. The summed E-state index contributed by atoms with van der Waals surface area (Å²) < 4.78 is 6.37. The Morgan fingerprint density at radius 1 is 1.54 bits per heavy atom. The lowest BCUT2D eigenvalue weighted by molar-refractivity contribution is 0.486. The molecule has 0 aromatic carbocycles. The molecule has 0 saturated carbocycles. The number of rotatable bonds is 2. The first-order valence-corrected chi connectivity index (χ1v) is 5.91. The summed E-state index contributed by atoms with van der Waals surface area (Å²) >= 11 is 3.46. The second kappa shape index (κ2) is 4.15. The van der Waals surface area contributed by atoms with E-state index in [1.807, 2.05) is 0 Å². The van der Waals surface area contributed by atoms with Crippen LogP contribution in [0.3, 0.4) is 0 Å². The standard InChI is InChI=1S/C7H9N3OS2/c1-5-9-10-6(11-5)4-13-7-8-2-3-12-7/h2-4H2,1H3. The molecule has 1 aliphatic rings. The second-order valence-corrected chi connectivity index (χ2v) is 4.81. The molecule has 1 aromatic heterocycles. The predicted molar refractivity (Wildman–Crippen MR) is 55.1 cm³/mol. The third kappa shape index (κ3) is 2.47. The van der Waals surface area contributed by atoms with E-state index in [1.165, 1.54) is 0 Å². The van der Waals surface area contributed by atoms with Crippen LogP contribution in [0.15, 0.2) is 9.41 Å². The van der Waals surface area contributed by atoms with Gasteiger partial charge in [0.05, 0.1) is 12.3 Å². The lowest BCUT2D eigenvalue weighted by Gasteiger charge is -1.94. The molecule has 4 nitrogen and oxygen atoms in total. The lowest BCUT2D eigenvalue weighted by Crippen LogP contribution is -1.84. The van der Waals surface area contributed by atoms with Crippen molar-refractivity contribution in [1.82, 2.24) is 10.2 Å². The first kappa shape index (κ1) is 9.08. The number of aliphatic imine (C=N–C) groups is 1. The molecule has 0 radical (unpaired) electrons. The van der Waals surface area contributed by atoms with Crippen molar-refractivity contribution in [3.05, 3.63) is 11.8 Å². The highest BCUT2D eigenvalue weighted by atomic mass is 32.2. The van der Waals surface area contributed by atoms with Crippen LogP contribution in [0.2, 0.25) is 0 Å². The molecule has 0 amide bonds. The van der Waals surface area contributed by atoms with Gasteiger partial charge in [0, 0.05) is 12.7 Å². The Morgan fingerprint density at radius 3 is 3.08 bits per heavy atom. The summed E-state index contributed by atoms with van der Waals surface area (Å²) in [5.74, 6) is 3.13. The van der Waals surface area contributed by atoms with Gasteiger partial charge in [-0.1, -0.05) is 23.5 Å². The van der Waals surface area contributed by atoms with E-state index in [-0.39, 0.29) is 0 Å². The van der Waals surface area contributed by atoms with E-state index in [4.69, 9.17) is 4.42 Å². The van der Waals surface area contributed by atoms with Crippen molar-refractivity contribution in [2.24, 2.45) is 4.99 Å². The molecule has 2 heterocycles. The van der Waals surface area contributed by atoms with Crippen LogP contribution in [0.5, 0.6) is 0 Å². The summed E-state index contributed by atoms with van der Waals surface area (Å²) in [6, 6.07) is 0. The van der Waals surface area contributed by atoms with Crippen molar-refractivity contribution >= 4 is 27.9 Å². The van der Waals surface area contributed by atoms with Crippen molar-refractivity contribution in [2.45, 2.75) is 12.7 Å². The van der Waals surface area contributed by atoms with E-state index in [1.54, 1.807) is 30.4 Å². The average Bonchev–Trinajstić information content (AvgIpc) is 2.71. The van der Waals surface area contributed by atoms with Crippen LogP contribution in [-0.2, 0) is 5.75 Å². The van der Waals surface area contributed by atoms with E-state index in [0.29, 0.717) is 11.8 Å². The molecule has 13 heavy (non-hydrogen) atoms. The monoisotopic (exact) mass is 215 g/mol. The van der Waals surface area contributed by atoms with Crippen LogP contribution in [0.1, 0.15) is 11.8 Å². The van der Waals surface area contributed by atoms with Crippen LogP contribution >= 0.6 is 23.5 Å². The molecule has 0 aliphatic carbocycles. The summed E-state index contributed by atoms with van der Waals surface area (Å²) in [6.07, 6.45) is 0. The molecule has 2 rings (SSSR count). The van der Waals surface area contributed by atoms with Crippen LogP contribution in [0.4, 0.5) is 0 Å². The van der Waals surface area contributed by atoms with Crippen LogP contribution in [0, 0.1) is 6.92 Å². The van der Waals surface area contributed by atoms with E-state index in [2.05, 4.69) is 15.2 Å². The minimum Gasteiger partial charge on any atom is -0.425 e. The van der Waals surface area contributed by atoms with Crippen molar-refractivity contribution in [2.75, 3.05) is 12.3 Å². The third-order valence-corrected chi connectivity index (χ3v) is 3.68. The maximum atomic E-state index is 5.24. The second-order valence-electron chi connectivity index (χ2n) is 2.50. The Labute approximate surface area is 84.6 Å². The number of thioether (sulfide) groups is 2. The molecule has 0 spiro atoms. The molecular weight excluding hydrogens is 206 g/mol. The number of aryl methyl sites for hydroxylation is 1. The van der Waals surface area contributed by atoms with Crippen LogP contribution in [-0.4, -0.2) is 26.9 Å². The minimum absolute atomic E-state index is 0.622. The van der Waals surface area contributed by atoms with Crippen molar-refractivity contribution < 1.29 is 4.42 Å². The Kier molecular flexibility index (Phi) is 2.90. The highest BCUT2D eigenvalue weighted by molar-refractivity contribution is 8.38. The largest absolute Gasteiger partial charge is 0.425 e. The summed E-state index contributed by atoms with van der Waals surface area (Å²) in [5, 5.41) is 7.66. The van der Waals surface area contributed by atoms with E-state index in [0.717, 1.165) is 22.4 Å². The van der Waals surface area contributed by atoms with Gasteiger partial charge in [-0.05, 0) is 0 Å². The van der Waals surface area contributed by atoms with Gasteiger partial charge in [0.1, 0.15) is 4.38 Å². The van der Waals surface area contributed by atoms with Gasteiger partial charge in [-0.15, -0.1) is 10.2 Å². The number of hydrogen-bond donors (Lipinski definition) is 0. The van der Waals surface area contributed by atoms with Gasteiger partial charge in [0.2, 0.25) is 11.8 Å². The predicted octanol–water partition coefficient (Wildman–Crippen LogP) is 1.71. The summed E-state index contributed by atoms with van der Waals surface area (Å²) in [5.41, 5.74) is 0. The fourth-order valence-electron chi connectivity index (χ4n) is 0.922. The van der Waals surface area contributed by atoms with Gasteiger partial charge in [-0.3, -0.25) is 4.99 Å². The van der Waals surface area contributed by atoms with Crippen molar-refractivity contribution in [3.8, 4) is 0 Å². The van der Waals surface area contributed by atoms with Crippen molar-refractivity contribution in [3.63, 3.8) is 0 Å². The zero-order chi connectivity index (χ0) is 9.10. The highest BCUT2D eigenvalue weighted by Gasteiger charge is 2.09. The molecule has 0 fully saturated rings. The topological polar surface area (TPSA) is 51.3 Å². The average molecular weight is 215 g/mol.